The molecule has 0 heterocycles. The summed E-state index contributed by atoms with van der Waals surface area (Å²) in [4.78, 5) is 16.2. The number of amides is 1. The van der Waals surface area contributed by atoms with Gasteiger partial charge in [0.25, 0.3) is 5.91 Å². The summed E-state index contributed by atoms with van der Waals surface area (Å²) >= 11 is 0. The van der Waals surface area contributed by atoms with E-state index in [-0.39, 0.29) is 18.6 Å². The number of nitrogens with one attached hydrogen (secondary N) is 1. The summed E-state index contributed by atoms with van der Waals surface area (Å²) in [5, 5.41) is 15.1. The van der Waals surface area contributed by atoms with Crippen molar-refractivity contribution in [3.05, 3.63) is 35.4 Å². The molecule has 0 radical (unpaired) electrons. The minimum Gasteiger partial charge on any atom is -0.399 e. The van der Waals surface area contributed by atoms with E-state index >= 15 is 0 Å². The van der Waals surface area contributed by atoms with Gasteiger partial charge in [-0.3, -0.25) is 4.79 Å². The zero-order chi connectivity index (χ0) is 12.7. The lowest BCUT2D eigenvalue weighted by Crippen LogP contribution is -2.34. The molecular formula is C12H16N2O3. The second-order valence-corrected chi connectivity index (χ2v) is 3.60. The third-order valence-corrected chi connectivity index (χ3v) is 2.13. The van der Waals surface area contributed by atoms with Crippen molar-refractivity contribution in [2.24, 2.45) is 5.16 Å². The Labute approximate surface area is 100 Å². The number of aliphatic hydroxyl groups is 1. The smallest absolute Gasteiger partial charge is 0.251 e. The highest BCUT2D eigenvalue weighted by Gasteiger charge is 2.08. The van der Waals surface area contributed by atoms with Gasteiger partial charge in [-0.05, 0) is 24.6 Å². The number of oxime groups is 1. The zero-order valence-corrected chi connectivity index (χ0v) is 9.88. The zero-order valence-electron chi connectivity index (χ0n) is 9.88. The van der Waals surface area contributed by atoms with E-state index in [4.69, 9.17) is 5.11 Å². The molecule has 1 unspecified atom stereocenters. The first kappa shape index (κ1) is 13.2. The molecule has 1 aromatic carbocycles. The van der Waals surface area contributed by atoms with Gasteiger partial charge in [0.15, 0.2) is 0 Å². The van der Waals surface area contributed by atoms with Gasteiger partial charge in [-0.25, -0.2) is 0 Å². The first-order valence-electron chi connectivity index (χ1n) is 5.25. The van der Waals surface area contributed by atoms with Crippen LogP contribution in [0, 0.1) is 0 Å². The van der Waals surface area contributed by atoms with Gasteiger partial charge in [0.1, 0.15) is 7.11 Å². The number of nitrogens with zero attached hydrogens (tertiary/aromatic N) is 1. The lowest BCUT2D eigenvalue weighted by molar-refractivity contribution is 0.0922. The summed E-state index contributed by atoms with van der Waals surface area (Å²) in [7, 11) is 1.47. The van der Waals surface area contributed by atoms with Gasteiger partial charge >= 0.3 is 0 Å². The molecular weight excluding hydrogens is 220 g/mol. The lowest BCUT2D eigenvalue weighted by atomic mass is 10.1. The van der Waals surface area contributed by atoms with Gasteiger partial charge in [-0.2, -0.15) is 0 Å². The molecule has 2 N–H and O–H groups in total. The van der Waals surface area contributed by atoms with Gasteiger partial charge in [-0.15, -0.1) is 0 Å². The van der Waals surface area contributed by atoms with E-state index in [0.717, 1.165) is 5.56 Å². The Hall–Kier alpha value is -1.88. The van der Waals surface area contributed by atoms with Gasteiger partial charge in [0, 0.05) is 11.6 Å². The molecule has 0 saturated carbocycles. The average molecular weight is 236 g/mol. The molecule has 0 fully saturated rings. The molecule has 0 aromatic heterocycles. The molecule has 1 amide bonds. The molecule has 1 atom stereocenters. The Kier molecular flexibility index (Phi) is 5.16. The van der Waals surface area contributed by atoms with Gasteiger partial charge in [0.2, 0.25) is 0 Å². The third kappa shape index (κ3) is 4.24. The maximum absolute atomic E-state index is 11.7. The number of carbonyl (C=O) groups is 1. The van der Waals surface area contributed by atoms with Crippen molar-refractivity contribution in [1.29, 1.82) is 0 Å². The summed E-state index contributed by atoms with van der Waals surface area (Å²) in [5.41, 5.74) is 1.39. The maximum Gasteiger partial charge on any atom is 0.251 e. The van der Waals surface area contributed by atoms with Crippen LogP contribution in [0.25, 0.3) is 0 Å². The number of aliphatic hydroxyl groups excluding tert-OH is 1. The second kappa shape index (κ2) is 6.65. The van der Waals surface area contributed by atoms with Crippen molar-refractivity contribution in [2.75, 3.05) is 13.7 Å². The van der Waals surface area contributed by atoms with Crippen molar-refractivity contribution in [1.82, 2.24) is 5.32 Å². The Morgan fingerprint density at radius 3 is 2.71 bits per heavy atom. The third-order valence-electron chi connectivity index (χ3n) is 2.13. The van der Waals surface area contributed by atoms with E-state index in [1.165, 1.54) is 7.11 Å². The molecule has 92 valence electrons. The summed E-state index contributed by atoms with van der Waals surface area (Å²) in [5.74, 6) is -0.207. The summed E-state index contributed by atoms with van der Waals surface area (Å²) in [6.07, 6.45) is 1.55. The summed E-state index contributed by atoms with van der Waals surface area (Å²) in [6.45, 7) is 1.65. The van der Waals surface area contributed by atoms with E-state index in [1.807, 2.05) is 0 Å². The first-order chi connectivity index (χ1) is 8.17. The van der Waals surface area contributed by atoms with E-state index in [1.54, 1.807) is 37.4 Å². The van der Waals surface area contributed by atoms with Crippen LogP contribution in [0.4, 0.5) is 0 Å². The van der Waals surface area contributed by atoms with Crippen molar-refractivity contribution in [3.63, 3.8) is 0 Å². The molecule has 0 aliphatic carbocycles. The van der Waals surface area contributed by atoms with Crippen LogP contribution in [0.15, 0.2) is 29.4 Å². The van der Waals surface area contributed by atoms with Crippen molar-refractivity contribution in [2.45, 2.75) is 13.0 Å². The van der Waals surface area contributed by atoms with Crippen LogP contribution < -0.4 is 5.32 Å². The number of benzene rings is 1. The molecule has 1 rings (SSSR count). The van der Waals surface area contributed by atoms with E-state index < -0.39 is 0 Å². The first-order valence-corrected chi connectivity index (χ1v) is 5.25. The molecule has 5 heteroatoms. The Morgan fingerprint density at radius 1 is 1.53 bits per heavy atom. The topological polar surface area (TPSA) is 70.9 Å². The van der Waals surface area contributed by atoms with Crippen LogP contribution in [0.5, 0.6) is 0 Å². The Bertz CT molecular complexity index is 387. The SMILES string of the molecule is CO/N=C/c1ccc(C(=O)NC(C)CO)cc1. The van der Waals surface area contributed by atoms with Gasteiger partial charge in [0.05, 0.1) is 12.8 Å². The molecule has 0 aliphatic heterocycles. The molecule has 17 heavy (non-hydrogen) atoms. The standard InChI is InChI=1S/C12H16N2O3/c1-9(8-15)14-12(16)11-5-3-10(4-6-11)7-13-17-2/h3-7,9,15H,8H2,1-2H3,(H,14,16)/b13-7+. The molecule has 0 spiro atoms. The second-order valence-electron chi connectivity index (χ2n) is 3.60. The highest BCUT2D eigenvalue weighted by Crippen LogP contribution is 2.03. The molecule has 0 aliphatic rings. The Morgan fingerprint density at radius 2 is 2.18 bits per heavy atom. The van der Waals surface area contributed by atoms with Crippen LogP contribution in [0.2, 0.25) is 0 Å². The van der Waals surface area contributed by atoms with Crippen LogP contribution in [-0.4, -0.2) is 37.0 Å². The van der Waals surface area contributed by atoms with E-state index in [0.29, 0.717) is 5.56 Å². The van der Waals surface area contributed by atoms with Crippen LogP contribution in [0.3, 0.4) is 0 Å². The van der Waals surface area contributed by atoms with Crippen LogP contribution >= 0.6 is 0 Å². The number of hydrogen-bond donors (Lipinski definition) is 2. The normalized spacial score (nSPS) is 12.4. The number of hydrogen-bond acceptors (Lipinski definition) is 4. The van der Waals surface area contributed by atoms with Gasteiger partial charge in [-0.1, -0.05) is 17.3 Å². The molecule has 1 aromatic rings. The summed E-state index contributed by atoms with van der Waals surface area (Å²) < 4.78 is 0. The average Bonchev–Trinajstić information content (AvgIpc) is 2.36. The van der Waals surface area contributed by atoms with Crippen LogP contribution in [-0.2, 0) is 4.84 Å². The van der Waals surface area contributed by atoms with Crippen LogP contribution in [0.1, 0.15) is 22.8 Å². The van der Waals surface area contributed by atoms with Crippen molar-refractivity contribution >= 4 is 12.1 Å². The fraction of sp³-hybridized carbons (Fsp3) is 0.333. The van der Waals surface area contributed by atoms with E-state index in [9.17, 15) is 4.79 Å². The van der Waals surface area contributed by atoms with Crippen molar-refractivity contribution < 1.29 is 14.7 Å². The minimum atomic E-state index is -0.253. The fourth-order valence-corrected chi connectivity index (χ4v) is 1.19. The highest BCUT2D eigenvalue weighted by molar-refractivity contribution is 5.95. The molecule has 0 saturated heterocycles. The predicted molar refractivity (Wildman–Crippen MR) is 65.1 cm³/mol. The number of rotatable bonds is 5. The fourth-order valence-electron chi connectivity index (χ4n) is 1.19. The summed E-state index contributed by atoms with van der Waals surface area (Å²) in [6, 6.07) is 6.66. The Balaban J connectivity index is 2.67. The largest absolute Gasteiger partial charge is 0.399 e. The molecule has 5 nitrogen and oxygen atoms in total. The number of carbonyl (C=O) groups excluding carboxylic acids is 1. The van der Waals surface area contributed by atoms with E-state index in [2.05, 4.69) is 15.3 Å². The minimum absolute atomic E-state index is 0.0790. The van der Waals surface area contributed by atoms with Crippen molar-refractivity contribution in [3.8, 4) is 0 Å². The molecule has 0 bridgehead atoms. The maximum atomic E-state index is 11.7. The highest BCUT2D eigenvalue weighted by atomic mass is 16.6. The monoisotopic (exact) mass is 236 g/mol. The van der Waals surface area contributed by atoms with Gasteiger partial charge < -0.3 is 15.3 Å². The predicted octanol–water partition coefficient (Wildman–Crippen LogP) is 0.777. The lowest BCUT2D eigenvalue weighted by Gasteiger charge is -2.10. The quantitative estimate of drug-likeness (QED) is 0.586.